The maximum Gasteiger partial charge on any atom is 0.230 e. The number of aryl methyl sites for hydroxylation is 2. The van der Waals surface area contributed by atoms with E-state index in [1.807, 2.05) is 66.9 Å². The lowest BCUT2D eigenvalue weighted by molar-refractivity contribution is -0.118. The number of benzene rings is 2. The summed E-state index contributed by atoms with van der Waals surface area (Å²) in [5.41, 5.74) is 4.46. The maximum atomic E-state index is 12.1. The second-order valence-corrected chi connectivity index (χ2v) is 6.70. The molecule has 128 valence electrons. The normalized spacial score (nSPS) is 10.6. The molecule has 1 heterocycles. The van der Waals surface area contributed by atoms with E-state index >= 15 is 0 Å². The van der Waals surface area contributed by atoms with Crippen LogP contribution in [0.3, 0.4) is 0 Å². The summed E-state index contributed by atoms with van der Waals surface area (Å²) < 4.78 is 1.91. The first kappa shape index (κ1) is 17.2. The second-order valence-electron chi connectivity index (χ2n) is 5.76. The first-order chi connectivity index (χ1) is 12.1. The third-order valence-corrected chi connectivity index (χ3v) is 4.90. The van der Waals surface area contributed by atoms with Crippen molar-refractivity contribution in [3.63, 3.8) is 0 Å². The smallest absolute Gasteiger partial charge is 0.230 e. The molecule has 0 fully saturated rings. The molecule has 1 amide bonds. The van der Waals surface area contributed by atoms with Crippen molar-refractivity contribution in [1.29, 1.82) is 0 Å². The Labute approximate surface area is 151 Å². The Morgan fingerprint density at radius 3 is 2.56 bits per heavy atom. The Morgan fingerprint density at radius 1 is 1.08 bits per heavy atom. The van der Waals surface area contributed by atoms with Gasteiger partial charge in [-0.25, -0.2) is 0 Å². The van der Waals surface area contributed by atoms with E-state index in [2.05, 4.69) is 15.5 Å². The van der Waals surface area contributed by atoms with E-state index in [1.54, 1.807) is 6.33 Å². The third kappa shape index (κ3) is 4.28. The average molecular weight is 352 g/mol. The second kappa shape index (κ2) is 7.98. The minimum atomic E-state index is -0.0208. The summed E-state index contributed by atoms with van der Waals surface area (Å²) in [4.78, 5) is 12.1. The Morgan fingerprint density at radius 2 is 1.80 bits per heavy atom. The van der Waals surface area contributed by atoms with Gasteiger partial charge in [0.2, 0.25) is 5.91 Å². The maximum absolute atomic E-state index is 12.1. The molecule has 25 heavy (non-hydrogen) atoms. The fourth-order valence-electron chi connectivity index (χ4n) is 2.51. The van der Waals surface area contributed by atoms with Crippen molar-refractivity contribution in [2.75, 3.05) is 5.75 Å². The fraction of sp³-hybridized carbons (Fsp3) is 0.211. The molecule has 0 aliphatic rings. The van der Waals surface area contributed by atoms with Gasteiger partial charge in [0.1, 0.15) is 6.33 Å². The number of carbonyl (C=O) groups is 1. The lowest BCUT2D eigenvalue weighted by Crippen LogP contribution is -2.25. The zero-order valence-electron chi connectivity index (χ0n) is 14.3. The first-order valence-electron chi connectivity index (χ1n) is 8.05. The van der Waals surface area contributed by atoms with Gasteiger partial charge in [0.25, 0.3) is 0 Å². The third-order valence-electron chi connectivity index (χ3n) is 3.96. The van der Waals surface area contributed by atoms with Gasteiger partial charge < -0.3 is 5.32 Å². The highest BCUT2D eigenvalue weighted by Crippen LogP contribution is 2.21. The molecule has 0 bridgehead atoms. The Kier molecular flexibility index (Phi) is 5.50. The van der Waals surface area contributed by atoms with Crippen molar-refractivity contribution in [3.8, 4) is 5.69 Å². The topological polar surface area (TPSA) is 59.8 Å². The van der Waals surface area contributed by atoms with Crippen LogP contribution in [0.2, 0.25) is 0 Å². The van der Waals surface area contributed by atoms with E-state index in [4.69, 9.17) is 0 Å². The van der Waals surface area contributed by atoms with Gasteiger partial charge in [-0.05, 0) is 36.6 Å². The number of aromatic nitrogens is 3. The number of hydrogen-bond acceptors (Lipinski definition) is 4. The molecule has 6 heteroatoms. The summed E-state index contributed by atoms with van der Waals surface area (Å²) in [5, 5.41) is 11.8. The predicted octanol–water partition coefficient (Wildman–Crippen LogP) is 3.29. The summed E-state index contributed by atoms with van der Waals surface area (Å²) in [6.07, 6.45) is 1.68. The predicted molar refractivity (Wildman–Crippen MR) is 99.8 cm³/mol. The number of carbonyl (C=O) groups excluding carboxylic acids is 1. The molecule has 0 aliphatic heterocycles. The number of rotatable bonds is 6. The Bertz CT molecular complexity index is 875. The number of nitrogens with zero attached hydrogens (tertiary/aromatic N) is 3. The summed E-state index contributed by atoms with van der Waals surface area (Å²) in [7, 11) is 0. The lowest BCUT2D eigenvalue weighted by Gasteiger charge is -2.10. The van der Waals surface area contributed by atoms with Crippen LogP contribution in [0.4, 0.5) is 0 Å². The van der Waals surface area contributed by atoms with Crippen molar-refractivity contribution >= 4 is 17.7 Å². The zero-order chi connectivity index (χ0) is 17.6. The first-order valence-corrected chi connectivity index (χ1v) is 9.04. The van der Waals surface area contributed by atoms with Crippen LogP contribution >= 0.6 is 11.8 Å². The molecule has 0 aliphatic carbocycles. The van der Waals surface area contributed by atoms with Gasteiger partial charge in [-0.15, -0.1) is 10.2 Å². The van der Waals surface area contributed by atoms with Crippen LogP contribution in [0.5, 0.6) is 0 Å². The number of para-hydroxylation sites is 1. The largest absolute Gasteiger partial charge is 0.351 e. The van der Waals surface area contributed by atoms with Crippen LogP contribution in [-0.2, 0) is 11.3 Å². The van der Waals surface area contributed by atoms with Gasteiger partial charge in [-0.2, -0.15) is 0 Å². The van der Waals surface area contributed by atoms with Crippen molar-refractivity contribution in [2.24, 2.45) is 0 Å². The number of amides is 1. The molecule has 1 aromatic heterocycles. The van der Waals surface area contributed by atoms with Crippen molar-refractivity contribution in [1.82, 2.24) is 20.1 Å². The van der Waals surface area contributed by atoms with Gasteiger partial charge >= 0.3 is 0 Å². The molecule has 0 saturated heterocycles. The molecule has 0 spiro atoms. The molecule has 3 rings (SSSR count). The Hall–Kier alpha value is -2.60. The molecule has 3 aromatic rings. The van der Waals surface area contributed by atoms with E-state index in [9.17, 15) is 4.79 Å². The monoisotopic (exact) mass is 352 g/mol. The molecule has 2 aromatic carbocycles. The fourth-order valence-corrected chi connectivity index (χ4v) is 3.26. The van der Waals surface area contributed by atoms with Gasteiger partial charge in [-0.1, -0.05) is 54.2 Å². The average Bonchev–Trinajstić information content (AvgIpc) is 3.08. The molecule has 0 atom stereocenters. The van der Waals surface area contributed by atoms with Crippen LogP contribution in [0.25, 0.3) is 5.69 Å². The SMILES string of the molecule is Cc1ccccc1CNC(=O)CSc1nncn1-c1ccccc1C. The van der Waals surface area contributed by atoms with Crippen molar-refractivity contribution in [2.45, 2.75) is 25.5 Å². The highest BCUT2D eigenvalue weighted by Gasteiger charge is 2.11. The van der Waals surface area contributed by atoms with Crippen LogP contribution < -0.4 is 5.32 Å². The van der Waals surface area contributed by atoms with Gasteiger partial charge in [0.15, 0.2) is 5.16 Å². The molecular formula is C19H20N4OS. The molecule has 0 radical (unpaired) electrons. The standard InChI is InChI=1S/C19H20N4OS/c1-14-7-3-5-9-16(14)11-20-18(24)12-25-19-22-21-13-23(19)17-10-6-4-8-15(17)2/h3-10,13H,11-12H2,1-2H3,(H,20,24). The number of thioether (sulfide) groups is 1. The Balaban J connectivity index is 1.59. The molecule has 0 saturated carbocycles. The van der Waals surface area contributed by atoms with Crippen LogP contribution in [0, 0.1) is 13.8 Å². The molecular weight excluding hydrogens is 332 g/mol. The van der Waals surface area contributed by atoms with Crippen LogP contribution in [0.15, 0.2) is 60.0 Å². The van der Waals surface area contributed by atoms with E-state index in [0.29, 0.717) is 17.5 Å². The number of hydrogen-bond donors (Lipinski definition) is 1. The zero-order valence-corrected chi connectivity index (χ0v) is 15.1. The quantitative estimate of drug-likeness (QED) is 0.692. The van der Waals surface area contributed by atoms with Crippen molar-refractivity contribution in [3.05, 3.63) is 71.5 Å². The van der Waals surface area contributed by atoms with E-state index in [0.717, 1.165) is 16.8 Å². The molecule has 0 unspecified atom stereocenters. The van der Waals surface area contributed by atoms with E-state index in [1.165, 1.54) is 17.3 Å². The lowest BCUT2D eigenvalue weighted by atomic mass is 10.1. The molecule has 5 nitrogen and oxygen atoms in total. The highest BCUT2D eigenvalue weighted by atomic mass is 32.2. The van der Waals surface area contributed by atoms with E-state index in [-0.39, 0.29) is 5.91 Å². The van der Waals surface area contributed by atoms with Gasteiger partial charge in [-0.3, -0.25) is 9.36 Å². The summed E-state index contributed by atoms with van der Waals surface area (Å²) in [6, 6.07) is 16.1. The summed E-state index contributed by atoms with van der Waals surface area (Å²) in [6.45, 7) is 4.62. The van der Waals surface area contributed by atoms with Gasteiger partial charge in [0, 0.05) is 6.54 Å². The molecule has 1 N–H and O–H groups in total. The van der Waals surface area contributed by atoms with E-state index < -0.39 is 0 Å². The highest BCUT2D eigenvalue weighted by molar-refractivity contribution is 7.99. The number of nitrogens with one attached hydrogen (secondary N) is 1. The van der Waals surface area contributed by atoms with Crippen molar-refractivity contribution < 1.29 is 4.79 Å². The van der Waals surface area contributed by atoms with Gasteiger partial charge in [0.05, 0.1) is 11.4 Å². The van der Waals surface area contributed by atoms with Crippen LogP contribution in [-0.4, -0.2) is 26.4 Å². The summed E-state index contributed by atoms with van der Waals surface area (Å²) in [5.74, 6) is 0.281. The minimum Gasteiger partial charge on any atom is -0.351 e. The van der Waals surface area contributed by atoms with Crippen LogP contribution in [0.1, 0.15) is 16.7 Å². The summed E-state index contributed by atoms with van der Waals surface area (Å²) >= 11 is 1.38. The minimum absolute atomic E-state index is 0.0208.